The number of aldehydes is 1. The third kappa shape index (κ3) is 9.92. The average molecular weight is 214 g/mol. The topological polar surface area (TPSA) is 26.3 Å². The summed E-state index contributed by atoms with van der Waals surface area (Å²) >= 11 is 0. The predicted octanol–water partition coefficient (Wildman–Crippen LogP) is 3.73. The van der Waals surface area contributed by atoms with E-state index in [1.807, 2.05) is 0 Å². The van der Waals surface area contributed by atoms with E-state index < -0.39 is 0 Å². The van der Waals surface area contributed by atoms with Crippen LogP contribution in [0.3, 0.4) is 0 Å². The number of hydrogen-bond acceptors (Lipinski definition) is 2. The van der Waals surface area contributed by atoms with E-state index in [4.69, 9.17) is 4.74 Å². The molecule has 0 saturated heterocycles. The van der Waals surface area contributed by atoms with Crippen molar-refractivity contribution in [1.29, 1.82) is 0 Å². The van der Waals surface area contributed by atoms with E-state index in [-0.39, 0.29) is 6.10 Å². The molecule has 0 N–H and O–H groups in total. The first-order valence-electron chi connectivity index (χ1n) is 6.31. The highest BCUT2D eigenvalue weighted by molar-refractivity contribution is 5.50. The lowest BCUT2D eigenvalue weighted by molar-refractivity contribution is -0.110. The summed E-state index contributed by atoms with van der Waals surface area (Å²) < 4.78 is 5.20. The van der Waals surface area contributed by atoms with Crippen molar-refractivity contribution in [3.8, 4) is 0 Å². The van der Waals surface area contributed by atoms with Crippen LogP contribution in [0.1, 0.15) is 64.7 Å². The molecular weight excluding hydrogens is 188 g/mol. The predicted molar refractivity (Wildman–Crippen MR) is 64.1 cm³/mol. The Labute approximate surface area is 94.4 Å². The van der Waals surface area contributed by atoms with Gasteiger partial charge in [0.2, 0.25) is 0 Å². The van der Waals surface area contributed by atoms with E-state index >= 15 is 0 Å². The summed E-state index contributed by atoms with van der Waals surface area (Å²) in [5, 5.41) is 0. The third-order valence-corrected chi connectivity index (χ3v) is 2.82. The smallest absolute Gasteiger partial charge is 0.122 e. The first kappa shape index (κ1) is 14.6. The van der Waals surface area contributed by atoms with E-state index in [2.05, 4.69) is 6.92 Å². The summed E-state index contributed by atoms with van der Waals surface area (Å²) in [6.45, 7) is 2.24. The Morgan fingerprint density at radius 1 is 1.07 bits per heavy atom. The summed E-state index contributed by atoms with van der Waals surface area (Å²) in [6.07, 6.45) is 11.9. The van der Waals surface area contributed by atoms with E-state index in [0.29, 0.717) is 6.42 Å². The molecule has 0 radical (unpaired) electrons. The number of hydrogen-bond donors (Lipinski definition) is 0. The zero-order valence-corrected chi connectivity index (χ0v) is 10.3. The molecule has 0 amide bonds. The molecule has 0 aliphatic heterocycles. The molecule has 0 spiro atoms. The van der Waals surface area contributed by atoms with Gasteiger partial charge in [0.05, 0.1) is 6.10 Å². The van der Waals surface area contributed by atoms with Gasteiger partial charge in [0.1, 0.15) is 6.29 Å². The van der Waals surface area contributed by atoms with Crippen LogP contribution in [0.25, 0.3) is 0 Å². The van der Waals surface area contributed by atoms with Crippen molar-refractivity contribution in [2.45, 2.75) is 70.8 Å². The van der Waals surface area contributed by atoms with Crippen LogP contribution in [0.2, 0.25) is 0 Å². The first-order chi connectivity index (χ1) is 7.35. The van der Waals surface area contributed by atoms with Gasteiger partial charge in [-0.15, -0.1) is 0 Å². The summed E-state index contributed by atoms with van der Waals surface area (Å²) in [7, 11) is 1.69. The minimum atomic E-state index is 0.151. The van der Waals surface area contributed by atoms with Gasteiger partial charge in [-0.05, 0) is 6.42 Å². The van der Waals surface area contributed by atoms with Crippen molar-refractivity contribution in [2.75, 3.05) is 7.11 Å². The Morgan fingerprint density at radius 3 is 2.20 bits per heavy atom. The van der Waals surface area contributed by atoms with Gasteiger partial charge < -0.3 is 9.53 Å². The third-order valence-electron chi connectivity index (χ3n) is 2.82. The summed E-state index contributed by atoms with van der Waals surface area (Å²) in [4.78, 5) is 10.3. The molecule has 0 aliphatic rings. The maximum absolute atomic E-state index is 10.3. The standard InChI is InChI=1S/C13H26O2/c1-3-4-5-6-7-8-9-10-13(15-2)11-12-14/h12-13H,3-11H2,1-2H3/t13-/m1/s1. The number of methoxy groups -OCH3 is 1. The van der Waals surface area contributed by atoms with E-state index in [9.17, 15) is 4.79 Å². The van der Waals surface area contributed by atoms with Crippen LogP contribution in [0, 0.1) is 0 Å². The van der Waals surface area contributed by atoms with Crippen molar-refractivity contribution in [3.05, 3.63) is 0 Å². The molecule has 0 unspecified atom stereocenters. The number of ether oxygens (including phenoxy) is 1. The summed E-state index contributed by atoms with van der Waals surface area (Å²) in [5.74, 6) is 0. The van der Waals surface area contributed by atoms with Gasteiger partial charge in [0.25, 0.3) is 0 Å². The lowest BCUT2D eigenvalue weighted by Crippen LogP contribution is -2.10. The number of carbonyl (C=O) groups is 1. The molecule has 0 aromatic rings. The van der Waals surface area contributed by atoms with Crippen molar-refractivity contribution < 1.29 is 9.53 Å². The van der Waals surface area contributed by atoms with Crippen molar-refractivity contribution >= 4 is 6.29 Å². The number of carbonyl (C=O) groups excluding carboxylic acids is 1. The van der Waals surface area contributed by atoms with Crippen LogP contribution in [0.4, 0.5) is 0 Å². The van der Waals surface area contributed by atoms with Crippen LogP contribution in [-0.4, -0.2) is 19.5 Å². The van der Waals surface area contributed by atoms with Crippen molar-refractivity contribution in [2.24, 2.45) is 0 Å². The summed E-state index contributed by atoms with van der Waals surface area (Å²) in [6, 6.07) is 0. The zero-order chi connectivity index (χ0) is 11.4. The minimum absolute atomic E-state index is 0.151. The molecule has 15 heavy (non-hydrogen) atoms. The molecule has 0 rings (SSSR count). The monoisotopic (exact) mass is 214 g/mol. The summed E-state index contributed by atoms with van der Waals surface area (Å²) in [5.41, 5.74) is 0. The Bertz CT molecular complexity index is 134. The van der Waals surface area contributed by atoms with Gasteiger partial charge in [-0.1, -0.05) is 51.9 Å². The molecule has 2 heteroatoms. The Morgan fingerprint density at radius 2 is 1.67 bits per heavy atom. The fourth-order valence-electron chi connectivity index (χ4n) is 1.77. The molecule has 0 fully saturated rings. The highest BCUT2D eigenvalue weighted by Crippen LogP contribution is 2.11. The fourth-order valence-corrected chi connectivity index (χ4v) is 1.77. The molecule has 0 bridgehead atoms. The van der Waals surface area contributed by atoms with E-state index in [1.54, 1.807) is 7.11 Å². The highest BCUT2D eigenvalue weighted by atomic mass is 16.5. The van der Waals surface area contributed by atoms with Gasteiger partial charge in [-0.3, -0.25) is 0 Å². The second-order valence-electron chi connectivity index (χ2n) is 4.17. The molecule has 0 aliphatic carbocycles. The van der Waals surface area contributed by atoms with Gasteiger partial charge in [-0.25, -0.2) is 0 Å². The molecule has 0 aromatic heterocycles. The molecular formula is C13H26O2. The lowest BCUT2D eigenvalue weighted by Gasteiger charge is -2.11. The molecule has 0 aromatic carbocycles. The Kier molecular flexibility index (Phi) is 11.4. The quantitative estimate of drug-likeness (QED) is 0.387. The van der Waals surface area contributed by atoms with Gasteiger partial charge in [-0.2, -0.15) is 0 Å². The lowest BCUT2D eigenvalue weighted by atomic mass is 10.1. The molecule has 0 saturated carbocycles. The van der Waals surface area contributed by atoms with Gasteiger partial charge in [0.15, 0.2) is 0 Å². The second-order valence-corrected chi connectivity index (χ2v) is 4.17. The highest BCUT2D eigenvalue weighted by Gasteiger charge is 2.05. The largest absolute Gasteiger partial charge is 0.381 e. The normalized spacial score (nSPS) is 12.7. The minimum Gasteiger partial charge on any atom is -0.381 e. The van der Waals surface area contributed by atoms with Crippen molar-refractivity contribution in [1.82, 2.24) is 0 Å². The molecule has 0 heterocycles. The van der Waals surface area contributed by atoms with E-state index in [1.165, 1.54) is 44.9 Å². The van der Waals surface area contributed by atoms with Gasteiger partial charge >= 0.3 is 0 Å². The van der Waals surface area contributed by atoms with Crippen molar-refractivity contribution in [3.63, 3.8) is 0 Å². The van der Waals surface area contributed by atoms with Crippen LogP contribution in [0.5, 0.6) is 0 Å². The maximum Gasteiger partial charge on any atom is 0.122 e. The molecule has 1 atom stereocenters. The number of rotatable bonds is 11. The molecule has 2 nitrogen and oxygen atoms in total. The first-order valence-corrected chi connectivity index (χ1v) is 6.31. The second kappa shape index (κ2) is 11.7. The maximum atomic E-state index is 10.3. The Hall–Kier alpha value is -0.370. The number of unbranched alkanes of at least 4 members (excludes halogenated alkanes) is 6. The zero-order valence-electron chi connectivity index (χ0n) is 10.3. The average Bonchev–Trinajstić information content (AvgIpc) is 2.26. The van der Waals surface area contributed by atoms with Crippen LogP contribution in [0.15, 0.2) is 0 Å². The SMILES string of the molecule is CCCCCCCCC[C@H](CC=O)OC. The molecule has 90 valence electrons. The van der Waals surface area contributed by atoms with Crippen LogP contribution >= 0.6 is 0 Å². The van der Waals surface area contributed by atoms with Gasteiger partial charge in [0, 0.05) is 13.5 Å². The Balaban J connectivity index is 3.17. The van der Waals surface area contributed by atoms with Crippen LogP contribution < -0.4 is 0 Å². The fraction of sp³-hybridized carbons (Fsp3) is 0.923. The van der Waals surface area contributed by atoms with Crippen LogP contribution in [-0.2, 0) is 9.53 Å². The van der Waals surface area contributed by atoms with E-state index in [0.717, 1.165) is 12.7 Å².